The predicted molar refractivity (Wildman–Crippen MR) is 363 cm³/mol. The molecule has 0 heterocycles. The molecule has 0 bridgehead atoms. The fourth-order valence-electron chi connectivity index (χ4n) is 10.8. The van der Waals surface area contributed by atoms with E-state index in [2.05, 4.69) is 41.5 Å². The molecule has 0 aromatic rings. The first-order chi connectivity index (χ1) is 43.4. The van der Waals surface area contributed by atoms with E-state index in [1.807, 2.05) is 0 Å². The van der Waals surface area contributed by atoms with E-state index in [0.717, 1.165) is 102 Å². The number of esters is 4. The first-order valence-electron chi connectivity index (χ1n) is 37.0. The molecule has 0 amide bonds. The molecule has 17 nitrogen and oxygen atoms in total. The Morgan fingerprint density at radius 3 is 0.756 bits per heavy atom. The third-order valence-corrected chi connectivity index (χ3v) is 18.4. The van der Waals surface area contributed by atoms with E-state index in [4.69, 9.17) is 37.0 Å². The molecule has 19 heteroatoms. The molecular weight excluding hydrogens is 1190 g/mol. The third-order valence-electron chi connectivity index (χ3n) is 16.5. The summed E-state index contributed by atoms with van der Waals surface area (Å²) in [7, 11) is -9.90. The van der Waals surface area contributed by atoms with Gasteiger partial charge >= 0.3 is 39.5 Å². The van der Waals surface area contributed by atoms with Crippen LogP contribution in [0.3, 0.4) is 0 Å². The quantitative estimate of drug-likeness (QED) is 0.0222. The summed E-state index contributed by atoms with van der Waals surface area (Å²) in [5, 5.41) is 10.6. The van der Waals surface area contributed by atoms with Gasteiger partial charge in [-0.1, -0.05) is 311 Å². The Balaban J connectivity index is 5.22. The van der Waals surface area contributed by atoms with Crippen molar-refractivity contribution < 1.29 is 80.2 Å². The number of hydrogen-bond donors (Lipinski definition) is 3. The largest absolute Gasteiger partial charge is 0.472 e. The van der Waals surface area contributed by atoms with E-state index in [1.165, 1.54) is 180 Å². The van der Waals surface area contributed by atoms with E-state index in [1.54, 1.807) is 0 Å². The van der Waals surface area contributed by atoms with Crippen molar-refractivity contribution in [2.75, 3.05) is 39.6 Å². The Labute approximate surface area is 549 Å². The van der Waals surface area contributed by atoms with Crippen LogP contribution in [0.25, 0.3) is 0 Å². The zero-order valence-electron chi connectivity index (χ0n) is 58.4. The van der Waals surface area contributed by atoms with Gasteiger partial charge in [0.2, 0.25) is 0 Å². The summed E-state index contributed by atoms with van der Waals surface area (Å²) in [4.78, 5) is 72.5. The number of phosphoric acid groups is 2. The molecule has 0 aromatic heterocycles. The van der Waals surface area contributed by atoms with Crippen LogP contribution < -0.4 is 0 Å². The average Bonchev–Trinajstić information content (AvgIpc) is 3.65. The third kappa shape index (κ3) is 64.8. The van der Waals surface area contributed by atoms with E-state index >= 15 is 0 Å². The van der Waals surface area contributed by atoms with Crippen molar-refractivity contribution in [3.63, 3.8) is 0 Å². The molecule has 90 heavy (non-hydrogen) atoms. The minimum Gasteiger partial charge on any atom is -0.462 e. The zero-order valence-corrected chi connectivity index (χ0v) is 60.2. The summed E-state index contributed by atoms with van der Waals surface area (Å²) in [5.74, 6) is -0.557. The molecule has 5 atom stereocenters. The Bertz CT molecular complexity index is 1750. The average molecular weight is 1330 g/mol. The van der Waals surface area contributed by atoms with Gasteiger partial charge in [-0.05, 0) is 37.5 Å². The van der Waals surface area contributed by atoms with Gasteiger partial charge in [0.15, 0.2) is 12.2 Å². The number of hydrogen-bond acceptors (Lipinski definition) is 15. The van der Waals surface area contributed by atoms with Gasteiger partial charge in [-0.2, -0.15) is 0 Å². The molecule has 0 spiro atoms. The summed E-state index contributed by atoms with van der Waals surface area (Å²) in [6.45, 7) is 9.56. The fraction of sp³-hybridized carbons (Fsp3) is 0.944. The van der Waals surface area contributed by atoms with E-state index in [0.29, 0.717) is 25.7 Å². The first-order valence-corrected chi connectivity index (χ1v) is 40.0. The molecule has 0 saturated heterocycles. The van der Waals surface area contributed by atoms with Crippen LogP contribution in [0.1, 0.15) is 363 Å². The van der Waals surface area contributed by atoms with Crippen LogP contribution in [0, 0.1) is 11.8 Å². The Morgan fingerprint density at radius 2 is 0.511 bits per heavy atom. The first kappa shape index (κ1) is 88.1. The molecule has 2 unspecified atom stereocenters. The fourth-order valence-corrected chi connectivity index (χ4v) is 12.3. The molecule has 0 radical (unpaired) electrons. The highest BCUT2D eigenvalue weighted by Gasteiger charge is 2.30. The minimum absolute atomic E-state index is 0.106. The van der Waals surface area contributed by atoms with Gasteiger partial charge in [0, 0.05) is 25.7 Å². The molecular formula is C71H138O17P2. The monoisotopic (exact) mass is 1320 g/mol. The molecule has 0 rings (SSSR count). The van der Waals surface area contributed by atoms with Crippen LogP contribution in [0.15, 0.2) is 0 Å². The van der Waals surface area contributed by atoms with Gasteiger partial charge in [-0.3, -0.25) is 37.3 Å². The van der Waals surface area contributed by atoms with Gasteiger partial charge in [0.1, 0.15) is 19.3 Å². The van der Waals surface area contributed by atoms with Crippen LogP contribution in [0.4, 0.5) is 0 Å². The van der Waals surface area contributed by atoms with Gasteiger partial charge in [-0.25, -0.2) is 9.13 Å². The number of carbonyl (C=O) groups is 4. The maximum atomic E-state index is 13.0. The molecule has 0 saturated carbocycles. The molecule has 0 aliphatic heterocycles. The van der Waals surface area contributed by atoms with Crippen molar-refractivity contribution in [2.24, 2.45) is 11.8 Å². The summed E-state index contributed by atoms with van der Waals surface area (Å²) < 4.78 is 68.3. The summed E-state index contributed by atoms with van der Waals surface area (Å²) in [6.07, 6.45) is 48.5. The van der Waals surface area contributed by atoms with Crippen molar-refractivity contribution in [3.8, 4) is 0 Å². The van der Waals surface area contributed by atoms with Gasteiger partial charge in [-0.15, -0.1) is 0 Å². The summed E-state index contributed by atoms with van der Waals surface area (Å²) >= 11 is 0. The van der Waals surface area contributed by atoms with E-state index in [-0.39, 0.29) is 25.7 Å². The second-order valence-electron chi connectivity index (χ2n) is 26.6. The molecule has 0 aromatic carbocycles. The lowest BCUT2D eigenvalue weighted by molar-refractivity contribution is -0.161. The number of ether oxygens (including phenoxy) is 4. The van der Waals surface area contributed by atoms with Crippen molar-refractivity contribution in [1.82, 2.24) is 0 Å². The second-order valence-corrected chi connectivity index (χ2v) is 29.5. The lowest BCUT2D eigenvalue weighted by Gasteiger charge is -2.21. The van der Waals surface area contributed by atoms with E-state index in [9.17, 15) is 43.2 Å². The normalized spacial score (nSPS) is 14.1. The van der Waals surface area contributed by atoms with Crippen LogP contribution in [0.2, 0.25) is 0 Å². The number of unbranched alkanes of at least 4 members (excludes halogenated alkanes) is 40. The summed E-state index contributed by atoms with van der Waals surface area (Å²) in [6, 6.07) is 0. The van der Waals surface area contributed by atoms with Crippen molar-refractivity contribution in [2.45, 2.75) is 381 Å². The number of aliphatic hydroxyl groups is 1. The topological polar surface area (TPSA) is 237 Å². The Kier molecular flexibility index (Phi) is 61.8. The number of phosphoric ester groups is 2. The molecule has 0 aliphatic rings. The maximum Gasteiger partial charge on any atom is 0.472 e. The van der Waals surface area contributed by atoms with Crippen LogP contribution in [-0.2, 0) is 65.4 Å². The van der Waals surface area contributed by atoms with Crippen LogP contribution >= 0.6 is 15.6 Å². The molecule has 0 fully saturated rings. The molecule has 3 N–H and O–H groups in total. The highest BCUT2D eigenvalue weighted by molar-refractivity contribution is 7.47. The van der Waals surface area contributed by atoms with Crippen molar-refractivity contribution in [3.05, 3.63) is 0 Å². The predicted octanol–water partition coefficient (Wildman–Crippen LogP) is 20.4. The van der Waals surface area contributed by atoms with Crippen molar-refractivity contribution in [1.29, 1.82) is 0 Å². The lowest BCUT2D eigenvalue weighted by Crippen LogP contribution is -2.30. The zero-order chi connectivity index (χ0) is 66.5. The minimum atomic E-state index is -4.95. The van der Waals surface area contributed by atoms with Crippen LogP contribution in [-0.4, -0.2) is 96.7 Å². The second kappa shape index (κ2) is 63.1. The number of aliphatic hydroxyl groups excluding tert-OH is 1. The number of rotatable bonds is 70. The highest BCUT2D eigenvalue weighted by Crippen LogP contribution is 2.45. The van der Waals surface area contributed by atoms with Crippen LogP contribution in [0.5, 0.6) is 0 Å². The van der Waals surface area contributed by atoms with E-state index < -0.39 is 97.5 Å². The SMILES string of the molecule is CCCCCCCCCCCCC(=O)O[C@H](COC(=O)CCCCCCCCCCC)COP(=O)(O)OC[C@H](O)COP(=O)(O)OC[C@@H](COC(=O)CCCCCCCCCCCCCC(C)C)OC(=O)CCCCCCCCCCCCCCCCC(C)C. The van der Waals surface area contributed by atoms with Crippen molar-refractivity contribution >= 4 is 39.5 Å². The maximum absolute atomic E-state index is 13.0. The lowest BCUT2D eigenvalue weighted by atomic mass is 10.0. The smallest absolute Gasteiger partial charge is 0.462 e. The Hall–Kier alpha value is -1.94. The summed E-state index contributed by atoms with van der Waals surface area (Å²) in [5.41, 5.74) is 0. The standard InChI is InChI=1S/C71H138O17P2/c1-7-9-11-13-15-17-30-37-43-49-55-70(75)87-66(59-81-68(73)53-47-41-35-27-16-14-12-10-8-2)61-85-89(77,78)83-57-65(72)58-84-90(79,80)86-62-67(60-82-69(74)54-48-42-36-31-26-22-24-29-34-40-46-52-64(5)6)88-71(76)56-50-44-38-32-25-21-19-18-20-23-28-33-39-45-51-63(3)4/h63-67,72H,7-62H2,1-6H3,(H,77,78)(H,79,80)/t65-,66+,67+/m0/s1. The Morgan fingerprint density at radius 1 is 0.300 bits per heavy atom. The molecule has 534 valence electrons. The number of carbonyl (C=O) groups excluding carboxylic acids is 4. The van der Waals surface area contributed by atoms with Gasteiger partial charge in [0.25, 0.3) is 0 Å². The van der Waals surface area contributed by atoms with Gasteiger partial charge < -0.3 is 33.8 Å². The highest BCUT2D eigenvalue weighted by atomic mass is 31.2. The molecule has 0 aliphatic carbocycles. The van der Waals surface area contributed by atoms with Gasteiger partial charge in [0.05, 0.1) is 26.4 Å².